The predicted octanol–water partition coefficient (Wildman–Crippen LogP) is 3.23. The lowest BCUT2D eigenvalue weighted by atomic mass is 9.80. The molecule has 0 radical (unpaired) electrons. The highest BCUT2D eigenvalue weighted by Crippen LogP contribution is 2.34. The first-order valence-corrected chi connectivity index (χ1v) is 9.00. The van der Waals surface area contributed by atoms with Gasteiger partial charge in [0.15, 0.2) is 0 Å². The van der Waals surface area contributed by atoms with Gasteiger partial charge in [-0.3, -0.25) is 4.79 Å². The third kappa shape index (κ3) is 3.74. The lowest BCUT2D eigenvalue weighted by Crippen LogP contribution is -2.56. The number of aliphatic carboxylic acids is 1. The first kappa shape index (κ1) is 17.9. The summed E-state index contributed by atoms with van der Waals surface area (Å²) in [7, 11) is 1.62. The van der Waals surface area contributed by atoms with Gasteiger partial charge in [-0.25, -0.2) is 9.78 Å². The fraction of sp³-hybridized carbons (Fsp3) is 0.706. The molecule has 1 aromatic rings. The molecule has 0 aliphatic heterocycles. The molecule has 1 aliphatic rings. The lowest BCUT2D eigenvalue weighted by Gasteiger charge is -2.41. The van der Waals surface area contributed by atoms with E-state index in [0.717, 1.165) is 30.0 Å². The molecule has 1 heterocycles. The van der Waals surface area contributed by atoms with Crippen molar-refractivity contribution in [3.63, 3.8) is 0 Å². The second-order valence-electron chi connectivity index (χ2n) is 7.42. The molecular weight excluding hydrogens is 312 g/mol. The van der Waals surface area contributed by atoms with Crippen LogP contribution in [0.1, 0.15) is 63.6 Å². The molecule has 1 aliphatic carbocycles. The maximum atomic E-state index is 12.6. The van der Waals surface area contributed by atoms with Crippen LogP contribution in [0.15, 0.2) is 5.38 Å². The Morgan fingerprint density at radius 1 is 1.30 bits per heavy atom. The molecule has 1 saturated carbocycles. The molecule has 5 nitrogen and oxygen atoms in total. The summed E-state index contributed by atoms with van der Waals surface area (Å²) >= 11 is 1.55. The third-order valence-corrected chi connectivity index (χ3v) is 5.94. The zero-order valence-electron chi connectivity index (χ0n) is 14.4. The van der Waals surface area contributed by atoms with Gasteiger partial charge in [0, 0.05) is 17.8 Å². The summed E-state index contributed by atoms with van der Waals surface area (Å²) in [5.74, 6) is -1.05. The number of thiazole rings is 1. The number of nitrogens with zero attached hydrogens (tertiary/aromatic N) is 2. The Labute approximate surface area is 141 Å². The van der Waals surface area contributed by atoms with Crippen LogP contribution in [0.2, 0.25) is 0 Å². The average molecular weight is 338 g/mol. The van der Waals surface area contributed by atoms with Gasteiger partial charge in [-0.1, -0.05) is 40.0 Å². The summed E-state index contributed by atoms with van der Waals surface area (Å²) in [4.78, 5) is 30.4. The fourth-order valence-corrected chi connectivity index (χ4v) is 3.98. The zero-order chi connectivity index (χ0) is 17.3. The van der Waals surface area contributed by atoms with Crippen molar-refractivity contribution in [1.82, 2.24) is 9.88 Å². The van der Waals surface area contributed by atoms with Crippen molar-refractivity contribution in [3.05, 3.63) is 16.1 Å². The van der Waals surface area contributed by atoms with E-state index in [1.54, 1.807) is 18.4 Å². The number of hydrogen-bond donors (Lipinski definition) is 1. The van der Waals surface area contributed by atoms with Gasteiger partial charge in [-0.15, -0.1) is 11.3 Å². The van der Waals surface area contributed by atoms with Crippen molar-refractivity contribution in [2.75, 3.05) is 7.05 Å². The van der Waals surface area contributed by atoms with Crippen molar-refractivity contribution in [2.24, 2.45) is 0 Å². The number of hydrogen-bond acceptors (Lipinski definition) is 4. The largest absolute Gasteiger partial charge is 0.479 e. The van der Waals surface area contributed by atoms with E-state index in [2.05, 4.69) is 25.8 Å². The molecule has 0 atom stereocenters. The molecule has 0 aromatic carbocycles. The molecule has 0 spiro atoms. The number of aromatic nitrogens is 1. The molecule has 0 bridgehead atoms. The minimum absolute atomic E-state index is 0.0382. The van der Waals surface area contributed by atoms with Crippen molar-refractivity contribution >= 4 is 23.2 Å². The molecule has 1 N–H and O–H groups in total. The van der Waals surface area contributed by atoms with Crippen LogP contribution in [0.3, 0.4) is 0 Å². The normalized spacial score (nSPS) is 17.7. The highest BCUT2D eigenvalue weighted by molar-refractivity contribution is 7.09. The fourth-order valence-electron chi connectivity index (χ4n) is 3.07. The van der Waals surface area contributed by atoms with E-state index in [9.17, 15) is 14.7 Å². The number of carboxylic acid groups (broad SMARTS) is 1. The van der Waals surface area contributed by atoms with E-state index in [1.165, 1.54) is 4.90 Å². The Morgan fingerprint density at radius 3 is 2.39 bits per heavy atom. The van der Waals surface area contributed by atoms with Gasteiger partial charge < -0.3 is 10.0 Å². The van der Waals surface area contributed by atoms with Crippen LogP contribution in [0.5, 0.6) is 0 Å². The Morgan fingerprint density at radius 2 is 1.91 bits per heavy atom. The smallest absolute Gasteiger partial charge is 0.329 e. The van der Waals surface area contributed by atoms with Crippen molar-refractivity contribution < 1.29 is 14.7 Å². The van der Waals surface area contributed by atoms with Crippen LogP contribution in [0, 0.1) is 0 Å². The van der Waals surface area contributed by atoms with Crippen LogP contribution < -0.4 is 0 Å². The molecule has 0 saturated heterocycles. The van der Waals surface area contributed by atoms with Crippen LogP contribution in [0.4, 0.5) is 0 Å². The Balaban J connectivity index is 2.12. The molecule has 0 unspecified atom stereocenters. The van der Waals surface area contributed by atoms with Gasteiger partial charge in [0.2, 0.25) is 5.91 Å². The highest BCUT2D eigenvalue weighted by Gasteiger charge is 2.45. The molecule has 23 heavy (non-hydrogen) atoms. The van der Waals surface area contributed by atoms with Gasteiger partial charge >= 0.3 is 5.97 Å². The maximum Gasteiger partial charge on any atom is 0.329 e. The van der Waals surface area contributed by atoms with Crippen LogP contribution in [-0.2, 0) is 21.4 Å². The SMILES string of the molecule is CN(C(=O)Cc1csc(C(C)(C)C)n1)C1(C(=O)O)CCCCC1. The van der Waals surface area contributed by atoms with Gasteiger partial charge in [0.05, 0.1) is 17.1 Å². The number of rotatable bonds is 4. The summed E-state index contributed by atoms with van der Waals surface area (Å²) in [6.07, 6.45) is 3.99. The highest BCUT2D eigenvalue weighted by atomic mass is 32.1. The van der Waals surface area contributed by atoms with E-state index < -0.39 is 11.5 Å². The first-order chi connectivity index (χ1) is 10.7. The van der Waals surface area contributed by atoms with Crippen LogP contribution in [-0.4, -0.2) is 39.5 Å². The van der Waals surface area contributed by atoms with Crippen molar-refractivity contribution in [2.45, 2.75) is 70.3 Å². The predicted molar refractivity (Wildman–Crippen MR) is 90.7 cm³/mol. The molecule has 1 aromatic heterocycles. The lowest BCUT2D eigenvalue weighted by molar-refractivity contribution is -0.160. The van der Waals surface area contributed by atoms with Gasteiger partial charge in [0.1, 0.15) is 5.54 Å². The van der Waals surface area contributed by atoms with Crippen molar-refractivity contribution in [3.8, 4) is 0 Å². The van der Waals surface area contributed by atoms with Crippen LogP contribution in [0.25, 0.3) is 0 Å². The average Bonchev–Trinajstić information content (AvgIpc) is 2.95. The number of likely N-dealkylation sites (N-methyl/N-ethyl adjacent to an activating group) is 1. The number of carboxylic acids is 1. The molecule has 6 heteroatoms. The van der Waals surface area contributed by atoms with E-state index >= 15 is 0 Å². The maximum absolute atomic E-state index is 12.6. The second-order valence-corrected chi connectivity index (χ2v) is 8.28. The van der Waals surface area contributed by atoms with Gasteiger partial charge in [-0.05, 0) is 12.8 Å². The molecular formula is C17H26N2O3S. The molecule has 1 amide bonds. The number of carbonyl (C=O) groups is 2. The van der Waals surface area contributed by atoms with Gasteiger partial charge in [0.25, 0.3) is 0 Å². The summed E-state index contributed by atoms with van der Waals surface area (Å²) in [5.41, 5.74) is -0.352. The quantitative estimate of drug-likeness (QED) is 0.915. The van der Waals surface area contributed by atoms with E-state index in [-0.39, 0.29) is 17.7 Å². The monoisotopic (exact) mass is 338 g/mol. The minimum atomic E-state index is -1.04. The Hall–Kier alpha value is -1.43. The van der Waals surface area contributed by atoms with Gasteiger partial charge in [-0.2, -0.15) is 0 Å². The minimum Gasteiger partial charge on any atom is -0.479 e. The van der Waals surface area contributed by atoms with E-state index in [4.69, 9.17) is 0 Å². The van der Waals surface area contributed by atoms with Crippen LogP contribution >= 0.6 is 11.3 Å². The number of carbonyl (C=O) groups excluding carboxylic acids is 1. The third-order valence-electron chi connectivity index (χ3n) is 4.62. The molecule has 128 valence electrons. The first-order valence-electron chi connectivity index (χ1n) is 8.12. The summed E-state index contributed by atoms with van der Waals surface area (Å²) in [5, 5.41) is 12.6. The van der Waals surface area contributed by atoms with Crippen molar-refractivity contribution in [1.29, 1.82) is 0 Å². The second kappa shape index (κ2) is 6.59. The topological polar surface area (TPSA) is 70.5 Å². The summed E-state index contributed by atoms with van der Waals surface area (Å²) in [6, 6.07) is 0. The Bertz CT molecular complexity index is 583. The standard InChI is InChI=1S/C17H26N2O3S/c1-16(2,3)14-18-12(11-23-14)10-13(20)19(4)17(15(21)22)8-6-5-7-9-17/h11H,5-10H2,1-4H3,(H,21,22). The summed E-state index contributed by atoms with van der Waals surface area (Å²) in [6.45, 7) is 6.26. The number of amides is 1. The summed E-state index contributed by atoms with van der Waals surface area (Å²) < 4.78 is 0. The molecule has 2 rings (SSSR count). The van der Waals surface area contributed by atoms with E-state index in [1.807, 2.05) is 5.38 Å². The zero-order valence-corrected chi connectivity index (χ0v) is 15.2. The van der Waals surface area contributed by atoms with E-state index in [0.29, 0.717) is 12.8 Å². The Kier molecular flexibility index (Phi) is 5.14. The molecule has 1 fully saturated rings.